The van der Waals surface area contributed by atoms with Gasteiger partial charge in [-0.1, -0.05) is 19.3 Å². The number of likely N-dealkylation sites (tertiary alicyclic amines) is 1. The summed E-state index contributed by atoms with van der Waals surface area (Å²) in [6, 6.07) is 1.00. The maximum atomic E-state index is 13.0. The second-order valence-corrected chi connectivity index (χ2v) is 6.92. The Morgan fingerprint density at radius 3 is 2.42 bits per heavy atom. The third kappa shape index (κ3) is 5.35. The zero-order valence-corrected chi connectivity index (χ0v) is 15.4. The van der Waals surface area contributed by atoms with Gasteiger partial charge in [-0.3, -0.25) is 9.59 Å². The van der Waals surface area contributed by atoms with Gasteiger partial charge in [0.2, 0.25) is 12.2 Å². The minimum atomic E-state index is -1.03. The van der Waals surface area contributed by atoms with Gasteiger partial charge in [0.25, 0.3) is 0 Å². The summed E-state index contributed by atoms with van der Waals surface area (Å²) in [5, 5.41) is 11.9. The lowest BCUT2D eigenvalue weighted by Crippen LogP contribution is -2.54. The Balaban J connectivity index is 2.06. The Hall–Kier alpha value is -2.30. The fraction of sp³-hybridized carbons (Fsp3) is 0.778. The number of carbonyl (C=O) groups excluding carboxylic acids is 3. The van der Waals surface area contributed by atoms with Crippen LogP contribution in [0.4, 0.5) is 4.79 Å². The molecule has 8 heteroatoms. The van der Waals surface area contributed by atoms with E-state index < -0.39 is 30.4 Å². The van der Waals surface area contributed by atoms with Gasteiger partial charge >= 0.3 is 12.1 Å². The van der Waals surface area contributed by atoms with E-state index >= 15 is 0 Å². The van der Waals surface area contributed by atoms with Gasteiger partial charge in [0, 0.05) is 20.4 Å². The van der Waals surface area contributed by atoms with E-state index in [1.54, 1.807) is 4.90 Å². The molecule has 0 aromatic carbocycles. The van der Waals surface area contributed by atoms with Gasteiger partial charge in [-0.25, -0.2) is 4.79 Å². The van der Waals surface area contributed by atoms with Crippen LogP contribution in [0.15, 0.2) is 0 Å². The number of alkyl carbamates (subject to hydrolysis) is 1. The van der Waals surface area contributed by atoms with Crippen LogP contribution in [0.25, 0.3) is 0 Å². The van der Waals surface area contributed by atoms with Gasteiger partial charge < -0.3 is 19.7 Å². The fourth-order valence-electron chi connectivity index (χ4n) is 3.76. The van der Waals surface area contributed by atoms with E-state index in [0.29, 0.717) is 13.0 Å². The zero-order chi connectivity index (χ0) is 19.1. The molecule has 2 aliphatic rings. The first-order chi connectivity index (χ1) is 12.4. The highest BCUT2D eigenvalue weighted by Gasteiger charge is 2.38. The number of hydrogen-bond donors (Lipinski definition) is 1. The third-order valence-electron chi connectivity index (χ3n) is 4.95. The SMILES string of the molecule is CC(=O)OC(C)OC(=O)N[C@H](C(=O)N1CCC[C@H]1C#N)C1CCCCC1. The standard InChI is InChI=1S/C18H27N3O5/c1-12(22)25-13(2)26-18(24)20-16(14-7-4-3-5-8-14)17(23)21-10-6-9-15(21)11-19/h13-16H,3-10H2,1-2H3,(H,20,24)/t13?,15-,16-/m0/s1. The Morgan fingerprint density at radius 1 is 1.12 bits per heavy atom. The van der Waals surface area contributed by atoms with Crippen molar-refractivity contribution < 1.29 is 23.9 Å². The summed E-state index contributed by atoms with van der Waals surface area (Å²) in [7, 11) is 0. The number of hydrogen-bond acceptors (Lipinski definition) is 6. The molecule has 3 atom stereocenters. The average Bonchev–Trinajstić information content (AvgIpc) is 3.07. The summed E-state index contributed by atoms with van der Waals surface area (Å²) in [5.41, 5.74) is 0. The number of carbonyl (C=O) groups is 3. The maximum Gasteiger partial charge on any atom is 0.410 e. The molecule has 2 amide bonds. The first-order valence-corrected chi connectivity index (χ1v) is 9.27. The van der Waals surface area contributed by atoms with Crippen LogP contribution in [0.2, 0.25) is 0 Å². The van der Waals surface area contributed by atoms with Gasteiger partial charge in [-0.05, 0) is 31.6 Å². The van der Waals surface area contributed by atoms with Gasteiger partial charge in [0.15, 0.2) is 0 Å². The number of ether oxygens (including phenoxy) is 2. The molecule has 144 valence electrons. The lowest BCUT2D eigenvalue weighted by atomic mass is 9.83. The summed E-state index contributed by atoms with van der Waals surface area (Å²) in [5.74, 6) is -0.759. The van der Waals surface area contributed by atoms with Crippen LogP contribution < -0.4 is 5.32 Å². The first kappa shape index (κ1) is 20.0. The van der Waals surface area contributed by atoms with Gasteiger partial charge in [0.05, 0.1) is 6.07 Å². The van der Waals surface area contributed by atoms with E-state index in [9.17, 15) is 19.6 Å². The number of nitrogens with zero attached hydrogens (tertiary/aromatic N) is 2. The molecule has 1 saturated carbocycles. The summed E-state index contributed by atoms with van der Waals surface area (Å²) in [4.78, 5) is 37.7. The quantitative estimate of drug-likeness (QED) is 0.590. The topological polar surface area (TPSA) is 109 Å². The number of amides is 2. The van der Waals surface area contributed by atoms with Crippen LogP contribution in [0.1, 0.15) is 58.8 Å². The highest BCUT2D eigenvalue weighted by atomic mass is 16.7. The van der Waals surface area contributed by atoms with Gasteiger partial charge in [-0.2, -0.15) is 5.26 Å². The molecule has 26 heavy (non-hydrogen) atoms. The number of esters is 1. The summed E-state index contributed by atoms with van der Waals surface area (Å²) in [6.07, 6.45) is 4.46. The normalized spacial score (nSPS) is 22.8. The van der Waals surface area contributed by atoms with Crippen molar-refractivity contribution in [3.8, 4) is 6.07 Å². The smallest absolute Gasteiger partial charge is 0.410 e. The molecule has 0 bridgehead atoms. The van der Waals surface area contributed by atoms with E-state index in [2.05, 4.69) is 11.4 Å². The highest BCUT2D eigenvalue weighted by Crippen LogP contribution is 2.29. The van der Waals surface area contributed by atoms with Gasteiger partial charge in [0.1, 0.15) is 12.1 Å². The predicted molar refractivity (Wildman–Crippen MR) is 91.6 cm³/mol. The minimum absolute atomic E-state index is 0.0211. The molecule has 0 aromatic rings. The summed E-state index contributed by atoms with van der Waals surface area (Å²) < 4.78 is 9.80. The van der Waals surface area contributed by atoms with E-state index in [1.807, 2.05) is 0 Å². The van der Waals surface area contributed by atoms with Crippen LogP contribution in [-0.4, -0.2) is 47.8 Å². The number of rotatable bonds is 5. The summed E-state index contributed by atoms with van der Waals surface area (Å²) >= 11 is 0. The average molecular weight is 365 g/mol. The summed E-state index contributed by atoms with van der Waals surface area (Å²) in [6.45, 7) is 3.19. The molecule has 1 aliphatic carbocycles. The maximum absolute atomic E-state index is 13.0. The van der Waals surface area contributed by atoms with Gasteiger partial charge in [-0.15, -0.1) is 0 Å². The molecule has 0 spiro atoms. The third-order valence-corrected chi connectivity index (χ3v) is 4.95. The van der Waals surface area contributed by atoms with Crippen molar-refractivity contribution in [3.05, 3.63) is 0 Å². The van der Waals surface area contributed by atoms with Crippen molar-refractivity contribution in [2.24, 2.45) is 5.92 Å². The minimum Gasteiger partial charge on any atom is -0.426 e. The van der Waals surface area contributed by atoms with Crippen molar-refractivity contribution >= 4 is 18.0 Å². The van der Waals surface area contributed by atoms with Crippen LogP contribution in [-0.2, 0) is 19.1 Å². The molecule has 1 saturated heterocycles. The van der Waals surface area contributed by atoms with E-state index in [1.165, 1.54) is 13.8 Å². The van der Waals surface area contributed by atoms with Crippen molar-refractivity contribution in [1.82, 2.24) is 10.2 Å². The lowest BCUT2D eigenvalue weighted by molar-refractivity contribution is -0.162. The molecular formula is C18H27N3O5. The Kier molecular flexibility index (Phi) is 7.25. The Morgan fingerprint density at radius 2 is 1.81 bits per heavy atom. The molecule has 1 N–H and O–H groups in total. The predicted octanol–water partition coefficient (Wildman–Crippen LogP) is 2.09. The second-order valence-electron chi connectivity index (χ2n) is 6.92. The number of nitriles is 1. The van der Waals surface area contributed by atoms with E-state index in [-0.39, 0.29) is 11.8 Å². The number of nitrogens with one attached hydrogen (secondary N) is 1. The van der Waals surface area contributed by atoms with Crippen molar-refractivity contribution in [1.29, 1.82) is 5.26 Å². The molecule has 1 unspecified atom stereocenters. The van der Waals surface area contributed by atoms with Crippen molar-refractivity contribution in [2.75, 3.05) is 6.54 Å². The first-order valence-electron chi connectivity index (χ1n) is 9.27. The van der Waals surface area contributed by atoms with Crippen LogP contribution in [0.3, 0.4) is 0 Å². The highest BCUT2D eigenvalue weighted by molar-refractivity contribution is 5.86. The van der Waals surface area contributed by atoms with Crippen LogP contribution >= 0.6 is 0 Å². The molecule has 8 nitrogen and oxygen atoms in total. The molecule has 2 rings (SSSR count). The zero-order valence-electron chi connectivity index (χ0n) is 15.4. The van der Waals surface area contributed by atoms with E-state index in [4.69, 9.17) is 9.47 Å². The largest absolute Gasteiger partial charge is 0.426 e. The van der Waals surface area contributed by atoms with E-state index in [0.717, 1.165) is 38.5 Å². The molecule has 0 radical (unpaired) electrons. The molecule has 0 aromatic heterocycles. The monoisotopic (exact) mass is 365 g/mol. The Labute approximate surface area is 153 Å². The molecule has 1 heterocycles. The fourth-order valence-corrected chi connectivity index (χ4v) is 3.76. The van der Waals surface area contributed by atoms with Crippen molar-refractivity contribution in [2.45, 2.75) is 77.2 Å². The Bertz CT molecular complexity index is 568. The molecular weight excluding hydrogens is 338 g/mol. The van der Waals surface area contributed by atoms with Crippen LogP contribution in [0, 0.1) is 17.2 Å². The van der Waals surface area contributed by atoms with Crippen molar-refractivity contribution in [3.63, 3.8) is 0 Å². The van der Waals surface area contributed by atoms with Crippen LogP contribution in [0.5, 0.6) is 0 Å². The molecule has 2 fully saturated rings. The lowest BCUT2D eigenvalue weighted by Gasteiger charge is -2.33. The molecule has 1 aliphatic heterocycles. The second kappa shape index (κ2) is 9.41.